The fourth-order valence-electron chi connectivity index (χ4n) is 4.24. The van der Waals surface area contributed by atoms with Gasteiger partial charge in [0.05, 0.1) is 17.7 Å². The van der Waals surface area contributed by atoms with Crippen LogP contribution in [0.15, 0.2) is 29.3 Å². The number of hydrogen-bond acceptors (Lipinski definition) is 5. The number of aromatic nitrogens is 3. The predicted molar refractivity (Wildman–Crippen MR) is 96.9 cm³/mol. The molecule has 4 heterocycles. The summed E-state index contributed by atoms with van der Waals surface area (Å²) in [6.07, 6.45) is 8.33. The van der Waals surface area contributed by atoms with Gasteiger partial charge in [0, 0.05) is 39.1 Å². The molecule has 27 heavy (non-hydrogen) atoms. The third kappa shape index (κ3) is 3.61. The van der Waals surface area contributed by atoms with Gasteiger partial charge in [0.1, 0.15) is 18.4 Å². The first-order valence-corrected chi connectivity index (χ1v) is 9.57. The molecule has 0 radical (unpaired) electrons. The first kappa shape index (κ1) is 17.8. The Morgan fingerprint density at radius 2 is 1.96 bits per heavy atom. The number of carbonyl (C=O) groups is 2. The summed E-state index contributed by atoms with van der Waals surface area (Å²) in [7, 11) is 1.94. The molecule has 0 bridgehead atoms. The van der Waals surface area contributed by atoms with Crippen molar-refractivity contribution in [2.24, 2.45) is 13.0 Å². The second-order valence-electron chi connectivity index (χ2n) is 7.53. The number of aryl methyl sites for hydroxylation is 1. The summed E-state index contributed by atoms with van der Waals surface area (Å²) in [6.45, 7) is 2.63. The molecule has 4 rings (SSSR count). The van der Waals surface area contributed by atoms with Crippen LogP contribution in [0.5, 0.6) is 0 Å². The average molecular weight is 371 g/mol. The Labute approximate surface area is 158 Å². The van der Waals surface area contributed by atoms with Gasteiger partial charge in [-0.15, -0.1) is 10.2 Å². The van der Waals surface area contributed by atoms with E-state index in [9.17, 15) is 9.59 Å². The number of nitrogens with zero attached hydrogens (tertiary/aromatic N) is 5. The summed E-state index contributed by atoms with van der Waals surface area (Å²) in [6, 6.07) is 1.67. The van der Waals surface area contributed by atoms with Crippen LogP contribution in [0.4, 0.5) is 0 Å². The van der Waals surface area contributed by atoms with Crippen LogP contribution < -0.4 is 0 Å². The number of furan rings is 1. The van der Waals surface area contributed by atoms with Crippen LogP contribution in [0.1, 0.15) is 47.8 Å². The van der Waals surface area contributed by atoms with E-state index in [4.69, 9.17) is 4.42 Å². The van der Waals surface area contributed by atoms with E-state index in [-0.39, 0.29) is 23.7 Å². The lowest BCUT2D eigenvalue weighted by atomic mass is 9.92. The molecule has 144 valence electrons. The number of amides is 2. The van der Waals surface area contributed by atoms with E-state index >= 15 is 0 Å². The summed E-state index contributed by atoms with van der Waals surface area (Å²) in [5.74, 6) is 1.13. The quantitative estimate of drug-likeness (QED) is 0.819. The van der Waals surface area contributed by atoms with Gasteiger partial charge in [-0.25, -0.2) is 0 Å². The maximum Gasteiger partial charge on any atom is 0.257 e. The first-order valence-electron chi connectivity index (χ1n) is 9.57. The van der Waals surface area contributed by atoms with Crippen LogP contribution in [-0.2, 0) is 11.8 Å². The first-order chi connectivity index (χ1) is 13.1. The molecular formula is C19H25N5O3. The molecule has 0 N–H and O–H groups in total. The Balaban J connectivity index is 1.41. The highest BCUT2D eigenvalue weighted by Gasteiger charge is 2.34. The number of rotatable bonds is 3. The van der Waals surface area contributed by atoms with Gasteiger partial charge in [-0.1, -0.05) is 0 Å². The lowest BCUT2D eigenvalue weighted by Crippen LogP contribution is -2.49. The molecule has 2 aliphatic heterocycles. The number of hydrogen-bond donors (Lipinski definition) is 0. The standard InChI is InChI=1S/C19H25N5O3/c1-22-13-20-21-17(22)14-4-2-7-23(10-14)18(25)15-5-3-8-24(11-15)19(26)16-6-9-27-12-16/h6,9,12-15H,2-5,7-8,10-11H2,1H3. The fraction of sp³-hybridized carbons (Fsp3) is 0.579. The maximum absolute atomic E-state index is 13.1. The van der Waals surface area contributed by atoms with Gasteiger partial charge >= 0.3 is 0 Å². The van der Waals surface area contributed by atoms with Crippen LogP contribution in [0.25, 0.3) is 0 Å². The van der Waals surface area contributed by atoms with Gasteiger partial charge in [0.2, 0.25) is 5.91 Å². The molecule has 0 aliphatic carbocycles. The van der Waals surface area contributed by atoms with E-state index in [1.54, 1.807) is 17.3 Å². The molecule has 0 aromatic carbocycles. The third-order valence-corrected chi connectivity index (χ3v) is 5.67. The molecule has 8 heteroatoms. The molecule has 2 amide bonds. The number of likely N-dealkylation sites (tertiary alicyclic amines) is 2. The fourth-order valence-corrected chi connectivity index (χ4v) is 4.24. The lowest BCUT2D eigenvalue weighted by Gasteiger charge is -2.38. The highest BCUT2D eigenvalue weighted by atomic mass is 16.3. The molecule has 2 aromatic rings. The van der Waals surface area contributed by atoms with E-state index in [0.29, 0.717) is 25.2 Å². The summed E-state index contributed by atoms with van der Waals surface area (Å²) in [4.78, 5) is 29.4. The Kier molecular flexibility index (Phi) is 4.96. The summed E-state index contributed by atoms with van der Waals surface area (Å²) >= 11 is 0. The normalized spacial score (nSPS) is 23.4. The summed E-state index contributed by atoms with van der Waals surface area (Å²) < 4.78 is 6.95. The second-order valence-corrected chi connectivity index (χ2v) is 7.53. The van der Waals surface area contributed by atoms with Gasteiger partial charge in [-0.2, -0.15) is 0 Å². The second kappa shape index (κ2) is 7.54. The minimum atomic E-state index is -0.132. The Hall–Kier alpha value is -2.64. The molecule has 2 fully saturated rings. The van der Waals surface area contributed by atoms with E-state index in [1.807, 2.05) is 16.5 Å². The Morgan fingerprint density at radius 1 is 1.15 bits per heavy atom. The minimum Gasteiger partial charge on any atom is -0.472 e. The zero-order chi connectivity index (χ0) is 18.8. The lowest BCUT2D eigenvalue weighted by molar-refractivity contribution is -0.138. The molecule has 0 spiro atoms. The Bertz CT molecular complexity index is 800. The van der Waals surface area contributed by atoms with Crippen molar-refractivity contribution in [1.29, 1.82) is 0 Å². The average Bonchev–Trinajstić information content (AvgIpc) is 3.39. The third-order valence-electron chi connectivity index (χ3n) is 5.67. The van der Waals surface area contributed by atoms with Crippen LogP contribution >= 0.6 is 0 Å². The molecule has 2 unspecified atom stereocenters. The summed E-state index contributed by atoms with van der Waals surface area (Å²) in [5, 5.41) is 8.19. The van der Waals surface area contributed by atoms with E-state index in [1.165, 1.54) is 12.5 Å². The van der Waals surface area contributed by atoms with Crippen molar-refractivity contribution in [3.05, 3.63) is 36.3 Å². The predicted octanol–water partition coefficient (Wildman–Crippen LogP) is 1.67. The summed E-state index contributed by atoms with van der Waals surface area (Å²) in [5.41, 5.74) is 0.545. The van der Waals surface area contributed by atoms with Crippen molar-refractivity contribution >= 4 is 11.8 Å². The number of carbonyl (C=O) groups excluding carboxylic acids is 2. The van der Waals surface area contributed by atoms with Crippen LogP contribution in [0.3, 0.4) is 0 Å². The van der Waals surface area contributed by atoms with Crippen LogP contribution in [0, 0.1) is 5.92 Å². The largest absolute Gasteiger partial charge is 0.472 e. The van der Waals surface area contributed by atoms with Crippen molar-refractivity contribution in [3.63, 3.8) is 0 Å². The van der Waals surface area contributed by atoms with Gasteiger partial charge in [0.25, 0.3) is 5.91 Å². The van der Waals surface area contributed by atoms with Crippen LogP contribution in [-0.4, -0.2) is 62.6 Å². The van der Waals surface area contributed by atoms with Crippen molar-refractivity contribution in [1.82, 2.24) is 24.6 Å². The topological polar surface area (TPSA) is 84.5 Å². The zero-order valence-electron chi connectivity index (χ0n) is 15.6. The van der Waals surface area contributed by atoms with Gasteiger partial charge in [0.15, 0.2) is 0 Å². The molecule has 8 nitrogen and oxygen atoms in total. The monoisotopic (exact) mass is 371 g/mol. The van der Waals surface area contributed by atoms with Crippen LogP contribution in [0.2, 0.25) is 0 Å². The molecule has 2 aliphatic rings. The highest BCUT2D eigenvalue weighted by molar-refractivity contribution is 5.94. The van der Waals surface area contributed by atoms with Gasteiger partial charge in [-0.3, -0.25) is 9.59 Å². The van der Waals surface area contributed by atoms with E-state index in [0.717, 1.165) is 38.1 Å². The molecule has 2 aromatic heterocycles. The van der Waals surface area contributed by atoms with Crippen molar-refractivity contribution in [3.8, 4) is 0 Å². The highest BCUT2D eigenvalue weighted by Crippen LogP contribution is 2.28. The zero-order valence-corrected chi connectivity index (χ0v) is 15.6. The maximum atomic E-state index is 13.1. The molecular weight excluding hydrogens is 346 g/mol. The van der Waals surface area contributed by atoms with E-state index in [2.05, 4.69) is 10.2 Å². The Morgan fingerprint density at radius 3 is 2.70 bits per heavy atom. The molecule has 0 saturated carbocycles. The van der Waals surface area contributed by atoms with Crippen molar-refractivity contribution < 1.29 is 14.0 Å². The van der Waals surface area contributed by atoms with Crippen molar-refractivity contribution in [2.45, 2.75) is 31.6 Å². The minimum absolute atomic E-state index is 0.0585. The van der Waals surface area contributed by atoms with Crippen molar-refractivity contribution in [2.75, 3.05) is 26.2 Å². The smallest absolute Gasteiger partial charge is 0.257 e. The SMILES string of the molecule is Cn1cnnc1C1CCCN(C(=O)C2CCCN(C(=O)c3ccoc3)C2)C1. The molecule has 2 saturated heterocycles. The van der Waals surface area contributed by atoms with E-state index < -0.39 is 0 Å². The number of piperidine rings is 2. The van der Waals surface area contributed by atoms with Gasteiger partial charge in [-0.05, 0) is 31.7 Å². The van der Waals surface area contributed by atoms with Gasteiger partial charge < -0.3 is 18.8 Å². The molecule has 2 atom stereocenters.